The van der Waals surface area contributed by atoms with Crippen LogP contribution >= 0.6 is 24.2 Å². The van der Waals surface area contributed by atoms with Crippen LogP contribution in [0.5, 0.6) is 0 Å². The quantitative estimate of drug-likeness (QED) is 0.446. The Labute approximate surface area is 162 Å². The van der Waals surface area contributed by atoms with Crippen molar-refractivity contribution in [3.8, 4) is 0 Å². The number of nitro benzene ring substituents is 1. The highest BCUT2D eigenvalue weighted by atomic mass is 35.5. The number of halogens is 1. The van der Waals surface area contributed by atoms with E-state index in [1.54, 1.807) is 11.8 Å². The summed E-state index contributed by atoms with van der Waals surface area (Å²) in [6, 6.07) is 4.88. The summed E-state index contributed by atoms with van der Waals surface area (Å²) in [7, 11) is 0. The number of rotatable bonds is 8. The SMILES string of the molecule is CSCCC(NC(=O)c1cccc([N+](=O)[O-])c1)C(=O)NC1CCNC1.Cl. The van der Waals surface area contributed by atoms with E-state index in [4.69, 9.17) is 0 Å². The van der Waals surface area contributed by atoms with Gasteiger partial charge in [0.25, 0.3) is 11.6 Å². The molecule has 1 aliphatic heterocycles. The summed E-state index contributed by atoms with van der Waals surface area (Å²) in [6.07, 6.45) is 3.28. The summed E-state index contributed by atoms with van der Waals surface area (Å²) in [6.45, 7) is 1.58. The number of nitrogens with one attached hydrogen (secondary N) is 3. The van der Waals surface area contributed by atoms with Crippen LogP contribution in [0.1, 0.15) is 23.2 Å². The Bertz CT molecular complexity index is 640. The van der Waals surface area contributed by atoms with Gasteiger partial charge >= 0.3 is 0 Å². The van der Waals surface area contributed by atoms with Crippen molar-refractivity contribution in [1.29, 1.82) is 0 Å². The topological polar surface area (TPSA) is 113 Å². The number of non-ortho nitro benzene ring substituents is 1. The van der Waals surface area contributed by atoms with Gasteiger partial charge in [-0.25, -0.2) is 0 Å². The normalized spacial score (nSPS) is 17.0. The number of carbonyl (C=O) groups is 2. The van der Waals surface area contributed by atoms with Crippen LogP contribution < -0.4 is 16.0 Å². The van der Waals surface area contributed by atoms with Gasteiger partial charge in [0.1, 0.15) is 6.04 Å². The molecule has 8 nitrogen and oxygen atoms in total. The molecule has 0 aromatic heterocycles. The number of amides is 2. The van der Waals surface area contributed by atoms with Crippen molar-refractivity contribution in [2.24, 2.45) is 0 Å². The van der Waals surface area contributed by atoms with Crippen LogP contribution in [0.25, 0.3) is 0 Å². The minimum atomic E-state index is -0.667. The third-order valence-electron chi connectivity index (χ3n) is 3.96. The van der Waals surface area contributed by atoms with E-state index >= 15 is 0 Å². The summed E-state index contributed by atoms with van der Waals surface area (Å²) < 4.78 is 0. The first-order chi connectivity index (χ1) is 12.0. The van der Waals surface area contributed by atoms with E-state index in [0.717, 1.165) is 25.3 Å². The van der Waals surface area contributed by atoms with Gasteiger partial charge in [-0.1, -0.05) is 6.07 Å². The van der Waals surface area contributed by atoms with Gasteiger partial charge in [0.05, 0.1) is 4.92 Å². The van der Waals surface area contributed by atoms with E-state index in [-0.39, 0.29) is 35.6 Å². The van der Waals surface area contributed by atoms with Gasteiger partial charge in [-0.05, 0) is 37.5 Å². The highest BCUT2D eigenvalue weighted by molar-refractivity contribution is 7.98. The third kappa shape index (κ3) is 6.47. The lowest BCUT2D eigenvalue weighted by Gasteiger charge is -2.20. The molecular formula is C16H23ClN4O4S. The van der Waals surface area contributed by atoms with Crippen LogP contribution in [0, 0.1) is 10.1 Å². The number of carbonyl (C=O) groups excluding carboxylic acids is 2. The van der Waals surface area contributed by atoms with E-state index in [0.29, 0.717) is 6.42 Å². The van der Waals surface area contributed by atoms with Gasteiger partial charge in [0, 0.05) is 30.3 Å². The zero-order valence-electron chi connectivity index (χ0n) is 14.4. The fraction of sp³-hybridized carbons (Fsp3) is 0.500. The first-order valence-electron chi connectivity index (χ1n) is 8.06. The molecule has 1 saturated heterocycles. The summed E-state index contributed by atoms with van der Waals surface area (Å²) in [5.74, 6) is 0.00646. The standard InChI is InChI=1S/C16H22N4O4S.ClH/c1-25-8-6-14(16(22)18-12-5-7-17-10-12)19-15(21)11-3-2-4-13(9-11)20(23)24;/h2-4,9,12,14,17H,5-8,10H2,1H3,(H,18,22)(H,19,21);1H. The maximum atomic E-state index is 12.5. The van der Waals surface area contributed by atoms with Crippen LogP contribution in [-0.4, -0.2) is 53.9 Å². The predicted molar refractivity (Wildman–Crippen MR) is 104 cm³/mol. The summed E-state index contributed by atoms with van der Waals surface area (Å²) in [5, 5.41) is 19.7. The number of thioether (sulfide) groups is 1. The van der Waals surface area contributed by atoms with E-state index < -0.39 is 16.9 Å². The van der Waals surface area contributed by atoms with Gasteiger partial charge in [0.2, 0.25) is 5.91 Å². The molecule has 0 aliphatic carbocycles. The second-order valence-corrected chi connectivity index (χ2v) is 6.80. The largest absolute Gasteiger partial charge is 0.350 e. The lowest BCUT2D eigenvalue weighted by molar-refractivity contribution is -0.384. The van der Waals surface area contributed by atoms with Crippen molar-refractivity contribution in [3.63, 3.8) is 0 Å². The summed E-state index contributed by atoms with van der Waals surface area (Å²) >= 11 is 1.59. The smallest absolute Gasteiger partial charge is 0.270 e. The molecule has 2 unspecified atom stereocenters. The molecule has 3 N–H and O–H groups in total. The number of hydrogen-bond acceptors (Lipinski definition) is 6. The Morgan fingerprint density at radius 3 is 2.85 bits per heavy atom. The van der Waals surface area contributed by atoms with Gasteiger partial charge in [-0.2, -0.15) is 11.8 Å². The molecule has 1 aliphatic rings. The number of nitrogens with zero attached hydrogens (tertiary/aromatic N) is 1. The van der Waals surface area contributed by atoms with Crippen molar-refractivity contribution < 1.29 is 14.5 Å². The van der Waals surface area contributed by atoms with Gasteiger partial charge < -0.3 is 16.0 Å². The van der Waals surface area contributed by atoms with Crippen LogP contribution in [0.3, 0.4) is 0 Å². The van der Waals surface area contributed by atoms with E-state index in [9.17, 15) is 19.7 Å². The average molecular weight is 403 g/mol. The molecule has 1 aromatic rings. The molecule has 0 bridgehead atoms. The summed E-state index contributed by atoms with van der Waals surface area (Å²) in [5.41, 5.74) is 0.00785. The Kier molecular flexibility index (Phi) is 9.39. The average Bonchev–Trinajstić information content (AvgIpc) is 3.11. The van der Waals surface area contributed by atoms with Gasteiger partial charge in [-0.3, -0.25) is 19.7 Å². The van der Waals surface area contributed by atoms with Crippen LogP contribution in [0.2, 0.25) is 0 Å². The Morgan fingerprint density at radius 2 is 2.23 bits per heavy atom. The monoisotopic (exact) mass is 402 g/mol. The Balaban J connectivity index is 0.00000338. The van der Waals surface area contributed by atoms with Crippen molar-refractivity contribution in [2.45, 2.75) is 24.9 Å². The highest BCUT2D eigenvalue weighted by Gasteiger charge is 2.25. The minimum Gasteiger partial charge on any atom is -0.350 e. The minimum absolute atomic E-state index is 0. The lowest BCUT2D eigenvalue weighted by Crippen LogP contribution is -2.50. The number of benzene rings is 1. The zero-order valence-corrected chi connectivity index (χ0v) is 16.0. The molecule has 2 atom stereocenters. The van der Waals surface area contributed by atoms with Crippen LogP contribution in [0.4, 0.5) is 5.69 Å². The molecule has 0 saturated carbocycles. The fourth-order valence-corrected chi connectivity index (χ4v) is 3.06. The molecule has 2 amide bonds. The molecule has 144 valence electrons. The van der Waals surface area contributed by atoms with E-state index in [1.165, 1.54) is 24.3 Å². The highest BCUT2D eigenvalue weighted by Crippen LogP contribution is 2.13. The van der Waals surface area contributed by atoms with E-state index in [1.807, 2.05) is 6.26 Å². The van der Waals surface area contributed by atoms with Crippen molar-refractivity contribution >= 4 is 41.7 Å². The number of hydrogen-bond donors (Lipinski definition) is 3. The second kappa shape index (κ2) is 11.0. The fourth-order valence-electron chi connectivity index (χ4n) is 2.59. The Morgan fingerprint density at radius 1 is 1.46 bits per heavy atom. The molecule has 10 heteroatoms. The first kappa shape index (κ1) is 22.2. The first-order valence-corrected chi connectivity index (χ1v) is 9.46. The molecular weight excluding hydrogens is 380 g/mol. The summed E-state index contributed by atoms with van der Waals surface area (Å²) in [4.78, 5) is 35.2. The molecule has 0 spiro atoms. The lowest BCUT2D eigenvalue weighted by atomic mass is 10.1. The van der Waals surface area contributed by atoms with Crippen molar-refractivity contribution in [3.05, 3.63) is 39.9 Å². The number of nitro groups is 1. The van der Waals surface area contributed by atoms with Gasteiger partial charge in [-0.15, -0.1) is 12.4 Å². The molecule has 1 fully saturated rings. The Hall–Kier alpha value is -1.84. The maximum absolute atomic E-state index is 12.5. The van der Waals surface area contributed by atoms with Crippen LogP contribution in [0.15, 0.2) is 24.3 Å². The van der Waals surface area contributed by atoms with Crippen molar-refractivity contribution in [2.75, 3.05) is 25.1 Å². The molecule has 1 heterocycles. The van der Waals surface area contributed by atoms with Crippen LogP contribution in [-0.2, 0) is 4.79 Å². The molecule has 1 aromatic carbocycles. The molecule has 2 rings (SSSR count). The predicted octanol–water partition coefficient (Wildman–Crippen LogP) is 1.35. The van der Waals surface area contributed by atoms with Gasteiger partial charge in [0.15, 0.2) is 0 Å². The third-order valence-corrected chi connectivity index (χ3v) is 4.60. The maximum Gasteiger partial charge on any atom is 0.270 e. The zero-order chi connectivity index (χ0) is 18.2. The van der Waals surface area contributed by atoms with E-state index in [2.05, 4.69) is 16.0 Å². The second-order valence-electron chi connectivity index (χ2n) is 5.81. The molecule has 26 heavy (non-hydrogen) atoms. The van der Waals surface area contributed by atoms with Crippen molar-refractivity contribution in [1.82, 2.24) is 16.0 Å². The molecule has 0 radical (unpaired) electrons.